The number of ketones is 1. The van der Waals surface area contributed by atoms with Crippen LogP contribution < -0.4 is 0 Å². The number of nitrogens with zero attached hydrogens (tertiary/aromatic N) is 1. The van der Waals surface area contributed by atoms with Gasteiger partial charge in [-0.1, -0.05) is 6.42 Å². The summed E-state index contributed by atoms with van der Waals surface area (Å²) in [5, 5.41) is 8.51. The molecule has 0 saturated carbocycles. The normalized spacial score (nSPS) is 12.6. The highest BCUT2D eigenvalue weighted by Gasteiger charge is 2.22. The third-order valence-corrected chi connectivity index (χ3v) is 8.65. The molecule has 0 fully saturated rings. The molecule has 0 aliphatic carbocycles. The van der Waals surface area contributed by atoms with E-state index in [9.17, 15) is 19.2 Å². The monoisotopic (exact) mass is 942 g/mol. The minimum Gasteiger partial charge on any atom is -0.481 e. The van der Waals surface area contributed by atoms with Crippen LogP contribution in [0.25, 0.3) is 0 Å². The molecule has 1 N–H and O–H groups in total. The molecule has 0 atom stereocenters. The first kappa shape index (κ1) is 60.4. The predicted octanol–water partition coefficient (Wildman–Crippen LogP) is 1.54. The molecule has 0 spiro atoms. The number of unbranched alkanes of at least 4 members (excludes halogenated alkanes) is 2. The summed E-state index contributed by atoms with van der Waals surface area (Å²) in [6.07, 6.45) is 6.48. The molecule has 2 amide bonds. The Kier molecular flexibility index (Phi) is 45.9. The van der Waals surface area contributed by atoms with E-state index in [2.05, 4.69) is 0 Å². The molecule has 0 aromatic rings. The maximum atomic E-state index is 12.0. The Labute approximate surface area is 385 Å². The predicted molar refractivity (Wildman–Crippen MR) is 233 cm³/mol. The molecule has 0 aromatic heterocycles. The van der Waals surface area contributed by atoms with Gasteiger partial charge in [-0.25, -0.2) is 0 Å². The van der Waals surface area contributed by atoms with Crippen LogP contribution in [0, 0.1) is 0 Å². The quantitative estimate of drug-likeness (QED) is 0.0674. The van der Waals surface area contributed by atoms with E-state index in [4.69, 9.17) is 76.2 Å². The SMILES string of the molecule is O=C(O)CCOCCOCCOCCOCCOCCOCCOCCOCCOCCOCCOCCOCCOCCOCCOCCCC(=O)CCCCCN1C(=O)C=CC1=O. The molecule has 380 valence electrons. The Bertz CT molecular complexity index is 1120. The van der Waals surface area contributed by atoms with Gasteiger partial charge in [-0.05, 0) is 19.3 Å². The number of amides is 2. The molecule has 0 saturated heterocycles. The fourth-order valence-electron chi connectivity index (χ4n) is 5.26. The van der Waals surface area contributed by atoms with Gasteiger partial charge in [0.15, 0.2) is 0 Å². The molecule has 0 unspecified atom stereocenters. The number of hydrogen-bond donors (Lipinski definition) is 1. The third kappa shape index (κ3) is 45.0. The van der Waals surface area contributed by atoms with Crippen LogP contribution in [0.2, 0.25) is 0 Å². The van der Waals surface area contributed by atoms with Crippen molar-refractivity contribution in [3.8, 4) is 0 Å². The summed E-state index contributed by atoms with van der Waals surface area (Å²) in [5.41, 5.74) is 0. The maximum Gasteiger partial charge on any atom is 0.305 e. The van der Waals surface area contributed by atoms with Crippen LogP contribution in [0.1, 0.15) is 44.9 Å². The van der Waals surface area contributed by atoms with E-state index in [0.717, 1.165) is 12.8 Å². The number of rotatable bonds is 55. The Hall–Kier alpha value is -2.58. The second-order valence-electron chi connectivity index (χ2n) is 13.9. The summed E-state index contributed by atoms with van der Waals surface area (Å²) in [6.45, 7) is 14.0. The van der Waals surface area contributed by atoms with Crippen LogP contribution in [-0.4, -0.2) is 238 Å². The van der Waals surface area contributed by atoms with Gasteiger partial charge in [0.05, 0.1) is 198 Å². The van der Waals surface area contributed by atoms with Crippen LogP contribution in [-0.2, 0) is 90.2 Å². The molecule has 1 aliphatic rings. The van der Waals surface area contributed by atoms with Gasteiger partial charge in [-0.2, -0.15) is 0 Å². The van der Waals surface area contributed by atoms with Crippen molar-refractivity contribution < 1.29 is 95.3 Å². The second-order valence-corrected chi connectivity index (χ2v) is 13.9. The zero-order valence-electron chi connectivity index (χ0n) is 38.7. The average Bonchev–Trinajstić information content (AvgIpc) is 3.62. The van der Waals surface area contributed by atoms with E-state index < -0.39 is 5.97 Å². The van der Waals surface area contributed by atoms with Crippen molar-refractivity contribution in [1.29, 1.82) is 0 Å². The van der Waals surface area contributed by atoms with Crippen molar-refractivity contribution >= 4 is 23.6 Å². The Morgan fingerprint density at radius 3 is 0.846 bits per heavy atom. The van der Waals surface area contributed by atoms with Crippen molar-refractivity contribution in [2.45, 2.75) is 44.9 Å². The highest BCUT2D eigenvalue weighted by molar-refractivity contribution is 6.12. The first-order chi connectivity index (χ1) is 32.0. The summed E-state index contributed by atoms with van der Waals surface area (Å²) >= 11 is 0. The number of carboxylic acid groups (broad SMARTS) is 1. The first-order valence-corrected chi connectivity index (χ1v) is 22.9. The molecule has 65 heavy (non-hydrogen) atoms. The van der Waals surface area contributed by atoms with E-state index in [1.807, 2.05) is 0 Å². The molecular weight excluding hydrogens is 862 g/mol. The van der Waals surface area contributed by atoms with Crippen LogP contribution in [0.3, 0.4) is 0 Å². The van der Waals surface area contributed by atoms with Gasteiger partial charge in [0.2, 0.25) is 0 Å². The van der Waals surface area contributed by atoms with Gasteiger partial charge >= 0.3 is 5.97 Å². The number of hydrogen-bond acceptors (Lipinski definition) is 19. The van der Waals surface area contributed by atoms with Crippen LogP contribution in [0.5, 0.6) is 0 Å². The number of aliphatic carboxylic acids is 1. The summed E-state index contributed by atoms with van der Waals surface area (Å²) in [7, 11) is 0. The summed E-state index contributed by atoms with van der Waals surface area (Å²) in [5.74, 6) is -1.21. The standard InChI is InChI=1S/C44H79NO20/c46-41(5-2-1-3-10-45-42(47)7-8-43(45)48)6-4-11-51-13-15-53-17-19-55-21-23-57-25-27-59-29-31-61-33-35-63-37-39-65-40-38-64-36-34-62-32-30-60-28-26-58-24-22-56-20-18-54-16-14-52-12-9-44(49)50/h7-8H,1-6,9-40H2,(H,49,50). The molecule has 0 bridgehead atoms. The highest BCUT2D eigenvalue weighted by atomic mass is 16.6. The molecule has 21 heteroatoms. The van der Waals surface area contributed by atoms with Crippen molar-refractivity contribution in [3.63, 3.8) is 0 Å². The van der Waals surface area contributed by atoms with Crippen LogP contribution in [0.4, 0.5) is 0 Å². The van der Waals surface area contributed by atoms with Crippen molar-refractivity contribution in [3.05, 3.63) is 12.2 Å². The lowest BCUT2D eigenvalue weighted by molar-refractivity contribution is -0.139. The van der Waals surface area contributed by atoms with Gasteiger partial charge in [-0.15, -0.1) is 0 Å². The van der Waals surface area contributed by atoms with E-state index in [-0.39, 0.29) is 30.6 Å². The number of imide groups is 1. The lowest BCUT2D eigenvalue weighted by Gasteiger charge is -2.12. The van der Waals surface area contributed by atoms with Crippen LogP contribution >= 0.6 is 0 Å². The van der Waals surface area contributed by atoms with E-state index in [1.165, 1.54) is 17.1 Å². The zero-order chi connectivity index (χ0) is 46.8. The lowest BCUT2D eigenvalue weighted by atomic mass is 10.1. The van der Waals surface area contributed by atoms with Crippen molar-refractivity contribution in [2.75, 3.05) is 205 Å². The van der Waals surface area contributed by atoms with Gasteiger partial charge in [0.25, 0.3) is 11.8 Å². The summed E-state index contributed by atoms with van der Waals surface area (Å²) in [6, 6.07) is 0. The lowest BCUT2D eigenvalue weighted by Crippen LogP contribution is -2.30. The first-order valence-electron chi connectivity index (χ1n) is 22.9. The largest absolute Gasteiger partial charge is 0.481 e. The number of carboxylic acids is 1. The van der Waals surface area contributed by atoms with E-state index in [0.29, 0.717) is 224 Å². The summed E-state index contributed by atoms with van der Waals surface area (Å²) in [4.78, 5) is 46.6. The minimum absolute atomic E-state index is 0.0102. The van der Waals surface area contributed by atoms with E-state index >= 15 is 0 Å². The number of ether oxygens (including phenoxy) is 15. The van der Waals surface area contributed by atoms with Gasteiger partial charge < -0.3 is 76.2 Å². The molecular formula is C44H79NO20. The number of carbonyl (C=O) groups excluding carboxylic acids is 3. The Balaban J connectivity index is 1.62. The molecule has 1 rings (SSSR count). The molecule has 1 heterocycles. The maximum absolute atomic E-state index is 12.0. The Morgan fingerprint density at radius 2 is 0.569 bits per heavy atom. The molecule has 0 aromatic carbocycles. The highest BCUT2D eigenvalue weighted by Crippen LogP contribution is 2.09. The fraction of sp³-hybridized carbons (Fsp3) is 0.864. The second kappa shape index (κ2) is 49.3. The van der Waals surface area contributed by atoms with Crippen molar-refractivity contribution in [1.82, 2.24) is 4.90 Å². The smallest absolute Gasteiger partial charge is 0.305 e. The van der Waals surface area contributed by atoms with Gasteiger partial charge in [-0.3, -0.25) is 24.1 Å². The molecule has 0 radical (unpaired) electrons. The number of carbonyl (C=O) groups is 4. The zero-order valence-corrected chi connectivity index (χ0v) is 38.7. The molecule has 1 aliphatic heterocycles. The van der Waals surface area contributed by atoms with Crippen molar-refractivity contribution in [2.24, 2.45) is 0 Å². The fourth-order valence-corrected chi connectivity index (χ4v) is 5.26. The van der Waals surface area contributed by atoms with Gasteiger partial charge in [0.1, 0.15) is 5.78 Å². The summed E-state index contributed by atoms with van der Waals surface area (Å²) < 4.78 is 81.7. The third-order valence-electron chi connectivity index (χ3n) is 8.65. The molecule has 21 nitrogen and oxygen atoms in total. The average molecular weight is 942 g/mol. The minimum atomic E-state index is -0.881. The number of Topliss-reactive ketones (excluding diaryl/α,β-unsaturated/α-hetero) is 1. The Morgan fingerprint density at radius 1 is 0.323 bits per heavy atom. The topological polar surface area (TPSA) is 230 Å². The van der Waals surface area contributed by atoms with Crippen LogP contribution in [0.15, 0.2) is 12.2 Å². The van der Waals surface area contributed by atoms with E-state index in [1.54, 1.807) is 0 Å². The van der Waals surface area contributed by atoms with Gasteiger partial charge in [0, 0.05) is 38.1 Å².